The Morgan fingerprint density at radius 3 is 2.86 bits per heavy atom. The SMILES string of the molecule is C#CCC(C)NC(C)c1scnc1C. The second-order valence-corrected chi connectivity index (χ2v) is 4.39. The Kier molecular flexibility index (Phi) is 4.12. The Labute approximate surface area is 89.8 Å². The minimum Gasteiger partial charge on any atom is -0.306 e. The van der Waals surface area contributed by atoms with Gasteiger partial charge in [0.05, 0.1) is 11.2 Å². The Morgan fingerprint density at radius 1 is 1.64 bits per heavy atom. The van der Waals surface area contributed by atoms with Crippen molar-refractivity contribution >= 4 is 11.3 Å². The second-order valence-electron chi connectivity index (χ2n) is 3.50. The fourth-order valence-corrected chi connectivity index (χ4v) is 2.28. The highest BCUT2D eigenvalue weighted by Crippen LogP contribution is 2.21. The number of terminal acetylenes is 1. The molecule has 14 heavy (non-hydrogen) atoms. The molecule has 0 radical (unpaired) electrons. The number of hydrogen-bond donors (Lipinski definition) is 1. The largest absolute Gasteiger partial charge is 0.306 e. The standard InChI is InChI=1S/C11H16N2S/c1-5-6-8(2)13-10(4)11-9(3)12-7-14-11/h1,7-8,10,13H,6H2,2-4H3. The van der Waals surface area contributed by atoms with Crippen LogP contribution in [0.5, 0.6) is 0 Å². The van der Waals surface area contributed by atoms with Crippen molar-refractivity contribution in [2.24, 2.45) is 0 Å². The lowest BCUT2D eigenvalue weighted by atomic mass is 10.2. The molecule has 0 aliphatic heterocycles. The molecule has 0 aromatic carbocycles. The molecule has 0 amide bonds. The molecule has 1 aromatic rings. The number of nitrogens with zero attached hydrogens (tertiary/aromatic N) is 1. The zero-order chi connectivity index (χ0) is 10.6. The summed E-state index contributed by atoms with van der Waals surface area (Å²) in [7, 11) is 0. The molecule has 1 rings (SSSR count). The highest BCUT2D eigenvalue weighted by molar-refractivity contribution is 7.09. The van der Waals surface area contributed by atoms with E-state index in [9.17, 15) is 0 Å². The minimum absolute atomic E-state index is 0.339. The van der Waals surface area contributed by atoms with Crippen molar-refractivity contribution in [2.75, 3.05) is 0 Å². The van der Waals surface area contributed by atoms with Gasteiger partial charge in [0.15, 0.2) is 0 Å². The van der Waals surface area contributed by atoms with E-state index in [4.69, 9.17) is 6.42 Å². The van der Waals surface area contributed by atoms with E-state index in [0.29, 0.717) is 12.1 Å². The van der Waals surface area contributed by atoms with Gasteiger partial charge in [0, 0.05) is 23.4 Å². The molecular weight excluding hydrogens is 192 g/mol. The van der Waals surface area contributed by atoms with Gasteiger partial charge in [-0.2, -0.15) is 0 Å². The molecule has 2 atom stereocenters. The van der Waals surface area contributed by atoms with Crippen LogP contribution in [0.4, 0.5) is 0 Å². The molecule has 0 fully saturated rings. The van der Waals surface area contributed by atoms with E-state index in [-0.39, 0.29) is 0 Å². The molecule has 0 aliphatic carbocycles. The highest BCUT2D eigenvalue weighted by atomic mass is 32.1. The van der Waals surface area contributed by atoms with Crippen LogP contribution in [0.15, 0.2) is 5.51 Å². The second kappa shape index (κ2) is 5.14. The Bertz CT molecular complexity index is 324. The fraction of sp³-hybridized carbons (Fsp3) is 0.545. The summed E-state index contributed by atoms with van der Waals surface area (Å²) in [5, 5.41) is 3.45. The lowest BCUT2D eigenvalue weighted by molar-refractivity contribution is 0.489. The van der Waals surface area contributed by atoms with E-state index in [1.54, 1.807) is 11.3 Å². The zero-order valence-corrected chi connectivity index (χ0v) is 9.69. The lowest BCUT2D eigenvalue weighted by Gasteiger charge is -2.17. The van der Waals surface area contributed by atoms with Crippen molar-refractivity contribution in [3.63, 3.8) is 0 Å². The van der Waals surface area contributed by atoms with Gasteiger partial charge in [0.2, 0.25) is 0 Å². The predicted octanol–water partition coefficient (Wildman–Crippen LogP) is 2.51. The third kappa shape index (κ3) is 2.83. The van der Waals surface area contributed by atoms with Gasteiger partial charge in [-0.15, -0.1) is 23.7 Å². The maximum Gasteiger partial charge on any atom is 0.0798 e. The first kappa shape index (κ1) is 11.2. The van der Waals surface area contributed by atoms with Crippen LogP contribution in [0.3, 0.4) is 0 Å². The maximum atomic E-state index is 5.25. The zero-order valence-electron chi connectivity index (χ0n) is 8.87. The molecular formula is C11H16N2S. The Balaban J connectivity index is 2.55. The molecule has 2 unspecified atom stereocenters. The summed E-state index contributed by atoms with van der Waals surface area (Å²) >= 11 is 1.69. The molecule has 0 spiro atoms. The van der Waals surface area contributed by atoms with Gasteiger partial charge in [0.25, 0.3) is 0 Å². The van der Waals surface area contributed by atoms with Crippen LogP contribution < -0.4 is 5.32 Å². The van der Waals surface area contributed by atoms with Gasteiger partial charge in [-0.25, -0.2) is 4.98 Å². The number of thiazole rings is 1. The smallest absolute Gasteiger partial charge is 0.0798 e. The van der Waals surface area contributed by atoms with Gasteiger partial charge < -0.3 is 5.32 Å². The summed E-state index contributed by atoms with van der Waals surface area (Å²) < 4.78 is 0. The van der Waals surface area contributed by atoms with E-state index in [0.717, 1.165) is 12.1 Å². The molecule has 0 saturated heterocycles. The van der Waals surface area contributed by atoms with Gasteiger partial charge in [-0.1, -0.05) is 0 Å². The first-order valence-corrected chi connectivity index (χ1v) is 5.62. The molecule has 0 saturated carbocycles. The Hall–Kier alpha value is -0.850. The number of rotatable bonds is 4. The average Bonchev–Trinajstić information content (AvgIpc) is 2.51. The van der Waals surface area contributed by atoms with Crippen LogP contribution in [-0.2, 0) is 0 Å². The van der Waals surface area contributed by atoms with E-state index < -0.39 is 0 Å². The van der Waals surface area contributed by atoms with Crippen molar-refractivity contribution in [2.45, 2.75) is 39.3 Å². The van der Waals surface area contributed by atoms with Crippen molar-refractivity contribution in [1.29, 1.82) is 0 Å². The van der Waals surface area contributed by atoms with E-state index in [1.165, 1.54) is 4.88 Å². The fourth-order valence-electron chi connectivity index (χ4n) is 1.46. The Morgan fingerprint density at radius 2 is 2.36 bits per heavy atom. The van der Waals surface area contributed by atoms with Crippen LogP contribution in [0.1, 0.15) is 36.9 Å². The number of nitrogens with one attached hydrogen (secondary N) is 1. The third-order valence-electron chi connectivity index (χ3n) is 2.13. The topological polar surface area (TPSA) is 24.9 Å². The summed E-state index contributed by atoms with van der Waals surface area (Å²) in [6.45, 7) is 6.29. The normalized spacial score (nSPS) is 14.7. The monoisotopic (exact) mass is 208 g/mol. The molecule has 1 aromatic heterocycles. The predicted molar refractivity (Wildman–Crippen MR) is 61.3 cm³/mol. The van der Waals surface area contributed by atoms with Gasteiger partial charge in [-0.3, -0.25) is 0 Å². The summed E-state index contributed by atoms with van der Waals surface area (Å²) in [6, 6.07) is 0.697. The summed E-state index contributed by atoms with van der Waals surface area (Å²) in [4.78, 5) is 5.53. The van der Waals surface area contributed by atoms with Crippen molar-refractivity contribution in [3.05, 3.63) is 16.1 Å². The third-order valence-corrected chi connectivity index (χ3v) is 3.25. The number of hydrogen-bond acceptors (Lipinski definition) is 3. The summed E-state index contributed by atoms with van der Waals surface area (Å²) in [6.07, 6.45) is 6.02. The maximum absolute atomic E-state index is 5.25. The van der Waals surface area contributed by atoms with Crippen molar-refractivity contribution in [3.8, 4) is 12.3 Å². The van der Waals surface area contributed by atoms with Crippen LogP contribution in [-0.4, -0.2) is 11.0 Å². The first-order chi connectivity index (χ1) is 6.65. The van der Waals surface area contributed by atoms with Crippen LogP contribution in [0.25, 0.3) is 0 Å². The molecule has 1 N–H and O–H groups in total. The van der Waals surface area contributed by atoms with E-state index in [2.05, 4.69) is 30.1 Å². The van der Waals surface area contributed by atoms with Gasteiger partial charge in [0.1, 0.15) is 0 Å². The molecule has 76 valence electrons. The van der Waals surface area contributed by atoms with Gasteiger partial charge in [-0.05, 0) is 20.8 Å². The lowest BCUT2D eigenvalue weighted by Crippen LogP contribution is -2.28. The van der Waals surface area contributed by atoms with E-state index >= 15 is 0 Å². The van der Waals surface area contributed by atoms with Crippen LogP contribution in [0.2, 0.25) is 0 Å². The number of aryl methyl sites for hydroxylation is 1. The molecule has 0 aliphatic rings. The van der Waals surface area contributed by atoms with Crippen LogP contribution >= 0.6 is 11.3 Å². The summed E-state index contributed by atoms with van der Waals surface area (Å²) in [5.41, 5.74) is 3.00. The minimum atomic E-state index is 0.339. The van der Waals surface area contributed by atoms with Crippen molar-refractivity contribution in [1.82, 2.24) is 10.3 Å². The molecule has 0 bridgehead atoms. The molecule has 2 nitrogen and oxygen atoms in total. The van der Waals surface area contributed by atoms with E-state index in [1.807, 2.05) is 12.4 Å². The highest BCUT2D eigenvalue weighted by Gasteiger charge is 2.12. The van der Waals surface area contributed by atoms with Crippen molar-refractivity contribution < 1.29 is 0 Å². The van der Waals surface area contributed by atoms with Crippen LogP contribution in [0, 0.1) is 19.3 Å². The quantitative estimate of drug-likeness (QED) is 0.769. The molecule has 3 heteroatoms. The first-order valence-electron chi connectivity index (χ1n) is 4.74. The molecule has 1 heterocycles. The van der Waals surface area contributed by atoms with Gasteiger partial charge >= 0.3 is 0 Å². The average molecular weight is 208 g/mol. The number of aromatic nitrogens is 1. The summed E-state index contributed by atoms with van der Waals surface area (Å²) in [5.74, 6) is 2.66.